The number of fused-ring (bicyclic) bond motifs is 1. The summed E-state index contributed by atoms with van der Waals surface area (Å²) < 4.78 is 11.0. The summed E-state index contributed by atoms with van der Waals surface area (Å²) in [5.41, 5.74) is 0.665. The fraction of sp³-hybridized carbons (Fsp3) is 0.111. The lowest BCUT2D eigenvalue weighted by atomic mass is 10.1. The summed E-state index contributed by atoms with van der Waals surface area (Å²) in [7, 11) is 0. The highest BCUT2D eigenvalue weighted by Crippen LogP contribution is 2.39. The molecule has 2 rings (SSSR count). The molecular weight excluding hydrogens is 295 g/mol. The number of halogens is 1. The molecule has 0 fully saturated rings. The minimum atomic E-state index is 0.144. The molecule has 1 aliphatic heterocycles. The summed E-state index contributed by atoms with van der Waals surface area (Å²) in [5.74, 6) is 1.09. The summed E-state index contributed by atoms with van der Waals surface area (Å²) in [6.07, 6.45) is 0. The monoisotopic (exact) mass is 298 g/mol. The van der Waals surface area contributed by atoms with Crippen molar-refractivity contribution in [3.63, 3.8) is 0 Å². The average Bonchev–Trinajstić information content (AvgIpc) is 2.65. The van der Waals surface area contributed by atoms with Crippen molar-refractivity contribution in [2.75, 3.05) is 6.79 Å². The van der Waals surface area contributed by atoms with E-state index in [0.29, 0.717) is 26.2 Å². The van der Waals surface area contributed by atoms with Crippen molar-refractivity contribution >= 4 is 22.6 Å². The number of benzene rings is 1. The average molecular weight is 298 g/mol. The topological polar surface area (TPSA) is 66.0 Å². The Morgan fingerprint density at radius 3 is 2.71 bits per heavy atom. The van der Waals surface area contributed by atoms with Gasteiger partial charge in [0.2, 0.25) is 6.79 Å². The maximum Gasteiger partial charge on any atom is 0.231 e. The van der Waals surface area contributed by atoms with Crippen LogP contribution in [0.3, 0.4) is 0 Å². The predicted molar refractivity (Wildman–Crippen MR) is 54.7 cm³/mol. The van der Waals surface area contributed by atoms with E-state index < -0.39 is 0 Å². The van der Waals surface area contributed by atoms with Crippen LogP contribution in [0.1, 0.15) is 11.1 Å². The van der Waals surface area contributed by atoms with E-state index in [1.807, 2.05) is 34.7 Å². The first kappa shape index (κ1) is 9.10. The minimum absolute atomic E-state index is 0.144. The van der Waals surface area contributed by atoms with Crippen molar-refractivity contribution in [3.8, 4) is 23.6 Å². The van der Waals surface area contributed by atoms with Gasteiger partial charge in [0.15, 0.2) is 11.5 Å². The van der Waals surface area contributed by atoms with Gasteiger partial charge in [-0.05, 0) is 22.6 Å². The number of rotatable bonds is 0. The van der Waals surface area contributed by atoms with Crippen molar-refractivity contribution in [3.05, 3.63) is 20.8 Å². The first-order chi connectivity index (χ1) is 6.77. The van der Waals surface area contributed by atoms with E-state index in [2.05, 4.69) is 0 Å². The molecule has 68 valence electrons. The van der Waals surface area contributed by atoms with Crippen LogP contribution in [0.4, 0.5) is 0 Å². The van der Waals surface area contributed by atoms with E-state index in [1.165, 1.54) is 6.07 Å². The normalized spacial score (nSPS) is 11.9. The Hall–Kier alpha value is -1.47. The zero-order valence-electron chi connectivity index (χ0n) is 6.87. The molecule has 0 bridgehead atoms. The molecule has 0 spiro atoms. The number of hydrogen-bond acceptors (Lipinski definition) is 4. The smallest absolute Gasteiger partial charge is 0.231 e. The molecule has 1 aromatic rings. The predicted octanol–water partition coefficient (Wildman–Crippen LogP) is 1.76. The van der Waals surface area contributed by atoms with Crippen LogP contribution < -0.4 is 9.47 Å². The molecule has 1 aromatic carbocycles. The van der Waals surface area contributed by atoms with E-state index in [1.54, 1.807) is 0 Å². The molecule has 0 aromatic heterocycles. The third kappa shape index (κ3) is 1.17. The highest BCUT2D eigenvalue weighted by atomic mass is 127. The lowest BCUT2D eigenvalue weighted by molar-refractivity contribution is 0.173. The first-order valence-electron chi connectivity index (χ1n) is 3.70. The van der Waals surface area contributed by atoms with Crippen LogP contribution in [0.15, 0.2) is 6.07 Å². The van der Waals surface area contributed by atoms with Gasteiger partial charge in [0.1, 0.15) is 12.1 Å². The van der Waals surface area contributed by atoms with Gasteiger partial charge in [-0.3, -0.25) is 0 Å². The van der Waals surface area contributed by atoms with Gasteiger partial charge < -0.3 is 9.47 Å². The molecule has 0 amide bonds. The number of nitriles is 2. The van der Waals surface area contributed by atoms with Crippen molar-refractivity contribution in [2.24, 2.45) is 0 Å². The van der Waals surface area contributed by atoms with Crippen molar-refractivity contribution in [1.29, 1.82) is 10.5 Å². The van der Waals surface area contributed by atoms with Gasteiger partial charge in [-0.2, -0.15) is 10.5 Å². The summed E-state index contributed by atoms with van der Waals surface area (Å²) in [6.45, 7) is 0.144. The number of ether oxygens (including phenoxy) is 2. The quantitative estimate of drug-likeness (QED) is 0.685. The second-order valence-electron chi connectivity index (χ2n) is 2.57. The van der Waals surface area contributed by atoms with E-state index in [4.69, 9.17) is 20.0 Å². The van der Waals surface area contributed by atoms with Crippen LogP contribution in [0, 0.1) is 26.2 Å². The Bertz CT molecular complexity index is 485. The summed E-state index contributed by atoms with van der Waals surface area (Å²) >= 11 is 1.98. The molecule has 0 unspecified atom stereocenters. The van der Waals surface area contributed by atoms with Crippen LogP contribution in [-0.4, -0.2) is 6.79 Å². The molecule has 5 heteroatoms. The number of hydrogen-bond donors (Lipinski definition) is 0. The third-order valence-electron chi connectivity index (χ3n) is 1.84. The van der Waals surface area contributed by atoms with Gasteiger partial charge in [-0.25, -0.2) is 0 Å². The Labute approximate surface area is 93.8 Å². The Morgan fingerprint density at radius 1 is 1.29 bits per heavy atom. The molecule has 14 heavy (non-hydrogen) atoms. The summed E-state index contributed by atoms with van der Waals surface area (Å²) in [6, 6.07) is 5.46. The van der Waals surface area contributed by atoms with Crippen LogP contribution in [0.2, 0.25) is 0 Å². The Morgan fingerprint density at radius 2 is 2.07 bits per heavy atom. The van der Waals surface area contributed by atoms with Crippen LogP contribution >= 0.6 is 22.6 Å². The molecule has 0 saturated carbocycles. The zero-order chi connectivity index (χ0) is 10.1. The summed E-state index contributed by atoms with van der Waals surface area (Å²) in [4.78, 5) is 0. The van der Waals surface area contributed by atoms with Gasteiger partial charge in [0.25, 0.3) is 0 Å². The van der Waals surface area contributed by atoms with Crippen molar-refractivity contribution < 1.29 is 9.47 Å². The van der Waals surface area contributed by atoms with Gasteiger partial charge >= 0.3 is 0 Å². The molecular formula is C9H3IN2O2. The van der Waals surface area contributed by atoms with E-state index in [-0.39, 0.29) is 6.79 Å². The maximum absolute atomic E-state index is 8.86. The highest BCUT2D eigenvalue weighted by molar-refractivity contribution is 14.1. The van der Waals surface area contributed by atoms with E-state index >= 15 is 0 Å². The fourth-order valence-electron chi connectivity index (χ4n) is 1.20. The molecule has 4 nitrogen and oxygen atoms in total. The van der Waals surface area contributed by atoms with Crippen LogP contribution in [-0.2, 0) is 0 Å². The summed E-state index contributed by atoms with van der Waals surface area (Å²) in [5, 5.41) is 17.7. The second kappa shape index (κ2) is 3.35. The Balaban J connectivity index is 2.75. The van der Waals surface area contributed by atoms with E-state index in [0.717, 1.165) is 0 Å². The molecule has 0 saturated heterocycles. The second-order valence-corrected chi connectivity index (χ2v) is 3.65. The van der Waals surface area contributed by atoms with Crippen LogP contribution in [0.5, 0.6) is 11.5 Å². The highest BCUT2D eigenvalue weighted by Gasteiger charge is 2.22. The molecule has 0 atom stereocenters. The first-order valence-corrected chi connectivity index (χ1v) is 4.78. The molecule has 1 aliphatic rings. The van der Waals surface area contributed by atoms with Gasteiger partial charge in [-0.15, -0.1) is 0 Å². The number of nitrogens with zero attached hydrogens (tertiary/aromatic N) is 2. The van der Waals surface area contributed by atoms with Crippen molar-refractivity contribution in [1.82, 2.24) is 0 Å². The molecule has 1 heterocycles. The van der Waals surface area contributed by atoms with E-state index in [9.17, 15) is 0 Å². The van der Waals surface area contributed by atoms with Gasteiger partial charge in [0, 0.05) is 6.07 Å². The Kier molecular flexibility index (Phi) is 2.18. The fourth-order valence-corrected chi connectivity index (χ4v) is 2.03. The lowest BCUT2D eigenvalue weighted by Crippen LogP contribution is -1.94. The molecule has 0 aliphatic carbocycles. The standard InChI is InChI=1S/C9H3IN2O2/c10-8-6(3-12)5(2-11)1-7-9(8)14-4-13-7/h1H,4H2. The lowest BCUT2D eigenvalue weighted by Gasteiger charge is -2.02. The molecule has 0 radical (unpaired) electrons. The third-order valence-corrected chi connectivity index (χ3v) is 2.87. The largest absolute Gasteiger partial charge is 0.454 e. The minimum Gasteiger partial charge on any atom is -0.454 e. The maximum atomic E-state index is 8.86. The van der Waals surface area contributed by atoms with Crippen LogP contribution in [0.25, 0.3) is 0 Å². The zero-order valence-corrected chi connectivity index (χ0v) is 9.03. The van der Waals surface area contributed by atoms with Gasteiger partial charge in [-0.1, -0.05) is 0 Å². The van der Waals surface area contributed by atoms with Gasteiger partial charge in [0.05, 0.1) is 14.7 Å². The SMILES string of the molecule is N#Cc1cc2c(c(I)c1C#N)OCO2. The van der Waals surface area contributed by atoms with Crippen molar-refractivity contribution in [2.45, 2.75) is 0 Å². The molecule has 0 N–H and O–H groups in total.